The standard InChI is InChI=1S/C15H17FN4O3.ClH/c16-10-3-1-4-11(7-10)22-9-13-19-14(23-20-13)8-18-15(21)12-5-2-6-17-12;/h1,3-4,7,12,17H,2,5-6,8-9H2,(H,18,21);1H. The number of carbonyl (C=O) groups excluding carboxylic acids is 1. The molecule has 0 spiro atoms. The van der Waals surface area contributed by atoms with E-state index in [-0.39, 0.29) is 43.3 Å². The van der Waals surface area contributed by atoms with Crippen molar-refractivity contribution in [3.63, 3.8) is 0 Å². The normalized spacial score (nSPS) is 16.5. The summed E-state index contributed by atoms with van der Waals surface area (Å²) in [6.07, 6.45) is 1.84. The Balaban J connectivity index is 0.00000208. The Morgan fingerprint density at radius 2 is 2.38 bits per heavy atom. The van der Waals surface area contributed by atoms with Crippen LogP contribution in [0, 0.1) is 5.82 Å². The Hall–Kier alpha value is -2.19. The zero-order valence-electron chi connectivity index (χ0n) is 12.8. The van der Waals surface area contributed by atoms with Gasteiger partial charge in [0.2, 0.25) is 17.6 Å². The highest BCUT2D eigenvalue weighted by atomic mass is 35.5. The molecule has 3 rings (SSSR count). The topological polar surface area (TPSA) is 89.3 Å². The van der Waals surface area contributed by atoms with Gasteiger partial charge in [0, 0.05) is 6.07 Å². The van der Waals surface area contributed by atoms with Crippen LogP contribution >= 0.6 is 12.4 Å². The fourth-order valence-electron chi connectivity index (χ4n) is 2.32. The van der Waals surface area contributed by atoms with Crippen LogP contribution in [0.5, 0.6) is 5.75 Å². The van der Waals surface area contributed by atoms with Crippen molar-refractivity contribution in [1.29, 1.82) is 0 Å². The van der Waals surface area contributed by atoms with E-state index in [1.165, 1.54) is 12.1 Å². The second-order valence-corrected chi connectivity index (χ2v) is 5.22. The quantitative estimate of drug-likeness (QED) is 0.816. The van der Waals surface area contributed by atoms with Crippen molar-refractivity contribution in [2.24, 2.45) is 0 Å². The van der Waals surface area contributed by atoms with Crippen molar-refractivity contribution in [2.45, 2.75) is 32.0 Å². The fourth-order valence-corrected chi connectivity index (χ4v) is 2.32. The summed E-state index contributed by atoms with van der Waals surface area (Å²) in [5, 5.41) is 9.62. The summed E-state index contributed by atoms with van der Waals surface area (Å²) in [6.45, 7) is 1.09. The van der Waals surface area contributed by atoms with E-state index in [0.29, 0.717) is 17.5 Å². The largest absolute Gasteiger partial charge is 0.485 e. The molecule has 1 aromatic heterocycles. The van der Waals surface area contributed by atoms with E-state index in [0.717, 1.165) is 19.4 Å². The van der Waals surface area contributed by atoms with Crippen LogP contribution in [-0.4, -0.2) is 28.6 Å². The lowest BCUT2D eigenvalue weighted by Crippen LogP contribution is -2.40. The lowest BCUT2D eigenvalue weighted by Gasteiger charge is -2.08. The van der Waals surface area contributed by atoms with Crippen LogP contribution in [0.15, 0.2) is 28.8 Å². The molecule has 130 valence electrons. The third-order valence-electron chi connectivity index (χ3n) is 3.46. The van der Waals surface area contributed by atoms with Crippen LogP contribution < -0.4 is 15.4 Å². The average molecular weight is 357 g/mol. The van der Waals surface area contributed by atoms with Gasteiger partial charge in [-0.2, -0.15) is 4.98 Å². The zero-order valence-corrected chi connectivity index (χ0v) is 13.6. The first-order chi connectivity index (χ1) is 11.2. The number of rotatable bonds is 6. The summed E-state index contributed by atoms with van der Waals surface area (Å²) in [5.41, 5.74) is 0. The summed E-state index contributed by atoms with van der Waals surface area (Å²) in [6, 6.07) is 5.66. The van der Waals surface area contributed by atoms with Gasteiger partial charge in [0.15, 0.2) is 6.61 Å². The fraction of sp³-hybridized carbons (Fsp3) is 0.400. The Morgan fingerprint density at radius 3 is 3.12 bits per heavy atom. The van der Waals surface area contributed by atoms with Crippen LogP contribution in [0.25, 0.3) is 0 Å². The number of ether oxygens (including phenoxy) is 1. The number of amides is 1. The molecular weight excluding hydrogens is 339 g/mol. The van der Waals surface area contributed by atoms with Gasteiger partial charge in [0.1, 0.15) is 11.6 Å². The molecule has 1 fully saturated rings. The molecule has 1 aliphatic rings. The van der Waals surface area contributed by atoms with Gasteiger partial charge in [-0.05, 0) is 31.5 Å². The second-order valence-electron chi connectivity index (χ2n) is 5.22. The van der Waals surface area contributed by atoms with Crippen molar-refractivity contribution in [2.75, 3.05) is 6.54 Å². The van der Waals surface area contributed by atoms with Crippen molar-refractivity contribution < 1.29 is 18.4 Å². The van der Waals surface area contributed by atoms with Gasteiger partial charge in [0.05, 0.1) is 12.6 Å². The number of nitrogens with one attached hydrogen (secondary N) is 2. The number of hydrogen-bond acceptors (Lipinski definition) is 6. The molecule has 1 saturated heterocycles. The highest BCUT2D eigenvalue weighted by Crippen LogP contribution is 2.13. The van der Waals surface area contributed by atoms with E-state index >= 15 is 0 Å². The SMILES string of the molecule is Cl.O=C(NCc1nc(COc2cccc(F)c2)no1)C1CCCN1. The number of hydrogen-bond donors (Lipinski definition) is 2. The zero-order chi connectivity index (χ0) is 16.1. The van der Waals surface area contributed by atoms with E-state index < -0.39 is 0 Å². The first kappa shape index (κ1) is 18.2. The first-order valence-corrected chi connectivity index (χ1v) is 7.41. The summed E-state index contributed by atoms with van der Waals surface area (Å²) < 4.78 is 23.4. The van der Waals surface area contributed by atoms with Gasteiger partial charge in [-0.15, -0.1) is 12.4 Å². The third kappa shape index (κ3) is 4.90. The molecule has 0 radical (unpaired) electrons. The van der Waals surface area contributed by atoms with Crippen molar-refractivity contribution in [3.8, 4) is 5.75 Å². The summed E-state index contributed by atoms with van der Waals surface area (Å²) in [5.74, 6) is 0.571. The molecule has 1 unspecified atom stereocenters. The minimum absolute atomic E-state index is 0. The minimum atomic E-state index is -0.375. The van der Waals surface area contributed by atoms with Crippen LogP contribution in [0.1, 0.15) is 24.6 Å². The van der Waals surface area contributed by atoms with Crippen molar-refractivity contribution in [3.05, 3.63) is 41.8 Å². The number of halogens is 2. The summed E-state index contributed by atoms with van der Waals surface area (Å²) in [4.78, 5) is 16.0. The van der Waals surface area contributed by atoms with Gasteiger partial charge < -0.3 is 19.9 Å². The maximum Gasteiger partial charge on any atom is 0.246 e. The summed E-state index contributed by atoms with van der Waals surface area (Å²) in [7, 11) is 0. The van der Waals surface area contributed by atoms with E-state index in [4.69, 9.17) is 9.26 Å². The summed E-state index contributed by atoms with van der Waals surface area (Å²) >= 11 is 0. The molecule has 24 heavy (non-hydrogen) atoms. The molecule has 0 aliphatic carbocycles. The van der Waals surface area contributed by atoms with Crippen LogP contribution in [-0.2, 0) is 17.9 Å². The molecule has 2 heterocycles. The number of aromatic nitrogens is 2. The first-order valence-electron chi connectivity index (χ1n) is 7.41. The molecule has 2 aromatic rings. The Kier molecular flexibility index (Phi) is 6.51. The van der Waals surface area contributed by atoms with Crippen LogP contribution in [0.4, 0.5) is 4.39 Å². The maximum atomic E-state index is 13.0. The second kappa shape index (κ2) is 8.60. The van der Waals surface area contributed by atoms with Gasteiger partial charge in [-0.25, -0.2) is 4.39 Å². The predicted molar refractivity (Wildman–Crippen MR) is 85.1 cm³/mol. The van der Waals surface area contributed by atoms with Gasteiger partial charge in [-0.1, -0.05) is 11.2 Å². The minimum Gasteiger partial charge on any atom is -0.485 e. The predicted octanol–water partition coefficient (Wildman–Crippen LogP) is 1.58. The lowest BCUT2D eigenvalue weighted by atomic mass is 10.2. The molecule has 1 aliphatic heterocycles. The average Bonchev–Trinajstić information content (AvgIpc) is 3.22. The number of nitrogens with zero attached hydrogens (tertiary/aromatic N) is 2. The maximum absolute atomic E-state index is 13.0. The monoisotopic (exact) mass is 356 g/mol. The molecule has 9 heteroatoms. The molecular formula is C15H18ClFN4O3. The molecule has 1 atom stereocenters. The molecule has 7 nitrogen and oxygen atoms in total. The Morgan fingerprint density at radius 1 is 1.50 bits per heavy atom. The molecule has 0 saturated carbocycles. The van der Waals surface area contributed by atoms with Crippen molar-refractivity contribution >= 4 is 18.3 Å². The van der Waals surface area contributed by atoms with Crippen LogP contribution in [0.3, 0.4) is 0 Å². The third-order valence-corrected chi connectivity index (χ3v) is 3.46. The highest BCUT2D eigenvalue weighted by molar-refractivity contribution is 5.85. The smallest absolute Gasteiger partial charge is 0.246 e. The molecule has 1 aromatic carbocycles. The molecule has 1 amide bonds. The van der Waals surface area contributed by atoms with Crippen LogP contribution in [0.2, 0.25) is 0 Å². The van der Waals surface area contributed by atoms with Gasteiger partial charge in [-0.3, -0.25) is 4.79 Å². The molecule has 2 N–H and O–H groups in total. The van der Waals surface area contributed by atoms with Gasteiger partial charge in [0.25, 0.3) is 0 Å². The Bertz CT molecular complexity index is 676. The number of carbonyl (C=O) groups is 1. The number of benzene rings is 1. The van der Waals surface area contributed by atoms with Gasteiger partial charge >= 0.3 is 0 Å². The van der Waals surface area contributed by atoms with E-state index in [1.54, 1.807) is 12.1 Å². The Labute approximate surface area is 144 Å². The van der Waals surface area contributed by atoms with E-state index in [2.05, 4.69) is 20.8 Å². The lowest BCUT2D eigenvalue weighted by molar-refractivity contribution is -0.123. The van der Waals surface area contributed by atoms with E-state index in [1.807, 2.05) is 0 Å². The molecule has 0 bridgehead atoms. The highest BCUT2D eigenvalue weighted by Gasteiger charge is 2.22. The van der Waals surface area contributed by atoms with Crippen molar-refractivity contribution in [1.82, 2.24) is 20.8 Å². The van der Waals surface area contributed by atoms with E-state index in [9.17, 15) is 9.18 Å².